The summed E-state index contributed by atoms with van der Waals surface area (Å²) < 4.78 is 0. The molecule has 0 aliphatic rings. The Labute approximate surface area is 122 Å². The third-order valence-corrected chi connectivity index (χ3v) is 3.80. The smallest absolute Gasteiger partial charge is 0.103 e. The second-order valence-electron chi connectivity index (χ2n) is 5.56. The van der Waals surface area contributed by atoms with Gasteiger partial charge in [-0.05, 0) is 70.9 Å². The summed E-state index contributed by atoms with van der Waals surface area (Å²) in [4.78, 5) is 6.38. The van der Waals surface area contributed by atoms with Crippen molar-refractivity contribution in [2.24, 2.45) is 0 Å². The van der Waals surface area contributed by atoms with Crippen molar-refractivity contribution in [2.45, 2.75) is 38.1 Å². The van der Waals surface area contributed by atoms with Crippen LogP contribution in [0, 0.1) is 11.3 Å². The zero-order valence-corrected chi connectivity index (χ0v) is 12.9. The molecule has 0 fully saturated rings. The van der Waals surface area contributed by atoms with E-state index in [1.54, 1.807) is 0 Å². The largest absolute Gasteiger partial charge is 0.306 e. The summed E-state index contributed by atoms with van der Waals surface area (Å²) in [6, 6.07) is 6.47. The van der Waals surface area contributed by atoms with Crippen LogP contribution in [0.15, 0.2) is 24.5 Å². The number of hydrogen-bond acceptors (Lipinski definition) is 4. The zero-order valence-electron chi connectivity index (χ0n) is 12.9. The van der Waals surface area contributed by atoms with Gasteiger partial charge in [-0.1, -0.05) is 0 Å². The van der Waals surface area contributed by atoms with Crippen molar-refractivity contribution in [2.75, 3.05) is 27.2 Å². The topological polar surface area (TPSA) is 52.0 Å². The van der Waals surface area contributed by atoms with Crippen LogP contribution in [0.25, 0.3) is 0 Å². The first kappa shape index (κ1) is 16.6. The Hall–Kier alpha value is -1.44. The van der Waals surface area contributed by atoms with Crippen molar-refractivity contribution < 1.29 is 0 Å². The van der Waals surface area contributed by atoms with Gasteiger partial charge >= 0.3 is 0 Å². The van der Waals surface area contributed by atoms with Crippen molar-refractivity contribution in [3.63, 3.8) is 0 Å². The van der Waals surface area contributed by atoms with Crippen molar-refractivity contribution in [3.05, 3.63) is 30.1 Å². The summed E-state index contributed by atoms with van der Waals surface area (Å²) in [6.45, 7) is 4.10. The average Bonchev–Trinajstić information content (AvgIpc) is 2.50. The highest BCUT2D eigenvalue weighted by Gasteiger charge is 2.19. The molecule has 0 saturated heterocycles. The molecule has 0 aliphatic heterocycles. The van der Waals surface area contributed by atoms with Crippen LogP contribution in [0.2, 0.25) is 0 Å². The predicted octanol–water partition coefficient (Wildman–Crippen LogP) is 2.23. The van der Waals surface area contributed by atoms with Crippen LogP contribution in [0.5, 0.6) is 0 Å². The fourth-order valence-electron chi connectivity index (χ4n) is 2.08. The molecule has 0 aromatic carbocycles. The van der Waals surface area contributed by atoms with E-state index in [-0.39, 0.29) is 5.54 Å². The molecule has 0 spiro atoms. The summed E-state index contributed by atoms with van der Waals surface area (Å²) in [5.41, 5.74) is 0.953. The minimum atomic E-state index is -0.379. The van der Waals surface area contributed by atoms with Gasteiger partial charge in [0.1, 0.15) is 5.54 Å². The lowest BCUT2D eigenvalue weighted by Gasteiger charge is -2.21. The normalized spacial score (nSPS) is 13.9. The summed E-state index contributed by atoms with van der Waals surface area (Å²) in [5.74, 6) is 0. The highest BCUT2D eigenvalue weighted by atomic mass is 15.1. The maximum Gasteiger partial charge on any atom is 0.103 e. The zero-order chi connectivity index (χ0) is 14.8. The molecule has 1 aromatic rings. The van der Waals surface area contributed by atoms with E-state index in [1.165, 1.54) is 5.56 Å². The van der Waals surface area contributed by atoms with E-state index in [2.05, 4.69) is 40.5 Å². The van der Waals surface area contributed by atoms with Crippen molar-refractivity contribution in [1.29, 1.82) is 5.26 Å². The van der Waals surface area contributed by atoms with Gasteiger partial charge in [0.2, 0.25) is 0 Å². The maximum atomic E-state index is 9.08. The molecule has 0 bridgehead atoms. The molecule has 1 rings (SSSR count). The van der Waals surface area contributed by atoms with Gasteiger partial charge in [0.15, 0.2) is 0 Å². The molecule has 1 aromatic heterocycles. The van der Waals surface area contributed by atoms with Crippen LogP contribution < -0.4 is 5.32 Å². The number of rotatable bonds is 9. The SMILES string of the molecule is CNC(C)(C#N)CCCCN(C)CCc1ccncc1. The average molecular weight is 274 g/mol. The third kappa shape index (κ3) is 6.14. The van der Waals surface area contributed by atoms with Gasteiger partial charge in [-0.15, -0.1) is 0 Å². The minimum absolute atomic E-state index is 0.379. The number of likely N-dealkylation sites (N-methyl/N-ethyl adjacent to an activating group) is 1. The predicted molar refractivity (Wildman–Crippen MR) is 82.4 cm³/mol. The number of nitrogens with one attached hydrogen (secondary N) is 1. The number of nitrogens with zero attached hydrogens (tertiary/aromatic N) is 3. The monoisotopic (exact) mass is 274 g/mol. The molecule has 4 heteroatoms. The highest BCUT2D eigenvalue weighted by Crippen LogP contribution is 2.12. The Morgan fingerprint density at radius 1 is 1.30 bits per heavy atom. The van der Waals surface area contributed by atoms with Crippen molar-refractivity contribution in [3.8, 4) is 6.07 Å². The first-order chi connectivity index (χ1) is 9.59. The fourth-order valence-corrected chi connectivity index (χ4v) is 2.08. The fraction of sp³-hybridized carbons (Fsp3) is 0.625. The molecule has 0 amide bonds. The number of unbranched alkanes of at least 4 members (excludes halogenated alkanes) is 1. The Morgan fingerprint density at radius 3 is 2.60 bits per heavy atom. The molecule has 0 saturated carbocycles. The van der Waals surface area contributed by atoms with Crippen LogP contribution in [0.3, 0.4) is 0 Å². The van der Waals surface area contributed by atoms with Gasteiger partial charge < -0.3 is 10.2 Å². The van der Waals surface area contributed by atoms with E-state index in [0.717, 1.165) is 38.8 Å². The Kier molecular flexibility index (Phi) is 7.21. The first-order valence-corrected chi connectivity index (χ1v) is 7.27. The summed E-state index contributed by atoms with van der Waals surface area (Å²) in [6.07, 6.45) is 7.85. The number of hydrogen-bond donors (Lipinski definition) is 1. The van der Waals surface area contributed by atoms with Gasteiger partial charge in [-0.2, -0.15) is 5.26 Å². The second kappa shape index (κ2) is 8.68. The summed E-state index contributed by atoms with van der Waals surface area (Å²) >= 11 is 0. The lowest BCUT2D eigenvalue weighted by atomic mass is 9.97. The summed E-state index contributed by atoms with van der Waals surface area (Å²) in [7, 11) is 4.01. The van der Waals surface area contributed by atoms with Crippen LogP contribution in [0.1, 0.15) is 31.7 Å². The molecule has 0 radical (unpaired) electrons. The second-order valence-corrected chi connectivity index (χ2v) is 5.56. The van der Waals surface area contributed by atoms with Crippen LogP contribution in [-0.2, 0) is 6.42 Å². The Bertz CT molecular complexity index is 412. The van der Waals surface area contributed by atoms with E-state index < -0.39 is 0 Å². The van der Waals surface area contributed by atoms with Gasteiger partial charge in [0.25, 0.3) is 0 Å². The maximum absolute atomic E-state index is 9.08. The number of pyridine rings is 1. The number of aromatic nitrogens is 1. The van der Waals surface area contributed by atoms with Crippen LogP contribution in [0.4, 0.5) is 0 Å². The van der Waals surface area contributed by atoms with E-state index >= 15 is 0 Å². The van der Waals surface area contributed by atoms with E-state index in [4.69, 9.17) is 5.26 Å². The van der Waals surface area contributed by atoms with Crippen LogP contribution >= 0.6 is 0 Å². The Balaban J connectivity index is 2.15. The van der Waals surface area contributed by atoms with Gasteiger partial charge in [-0.3, -0.25) is 4.98 Å². The number of nitriles is 1. The van der Waals surface area contributed by atoms with Crippen molar-refractivity contribution in [1.82, 2.24) is 15.2 Å². The molecule has 1 atom stereocenters. The quantitative estimate of drug-likeness (QED) is 0.702. The van der Waals surface area contributed by atoms with Gasteiger partial charge in [0.05, 0.1) is 6.07 Å². The lowest BCUT2D eigenvalue weighted by molar-refractivity contribution is 0.319. The highest BCUT2D eigenvalue weighted by molar-refractivity contribution is 5.09. The molecule has 4 nitrogen and oxygen atoms in total. The Morgan fingerprint density at radius 2 is 2.00 bits per heavy atom. The lowest BCUT2D eigenvalue weighted by Crippen LogP contribution is -2.38. The van der Waals surface area contributed by atoms with E-state index in [0.29, 0.717) is 0 Å². The molecular weight excluding hydrogens is 248 g/mol. The van der Waals surface area contributed by atoms with Crippen molar-refractivity contribution >= 4 is 0 Å². The molecule has 1 N–H and O–H groups in total. The minimum Gasteiger partial charge on any atom is -0.306 e. The molecule has 1 heterocycles. The molecular formula is C16H26N4. The summed E-state index contributed by atoms with van der Waals surface area (Å²) in [5, 5.41) is 12.2. The molecule has 1 unspecified atom stereocenters. The molecule has 20 heavy (non-hydrogen) atoms. The first-order valence-electron chi connectivity index (χ1n) is 7.27. The van der Waals surface area contributed by atoms with Gasteiger partial charge in [0, 0.05) is 18.9 Å². The van der Waals surface area contributed by atoms with E-state index in [9.17, 15) is 0 Å². The standard InChI is InChI=1S/C16H26N4/c1-16(14-17,18-2)9-4-5-12-20(3)13-8-15-6-10-19-11-7-15/h6-7,10-11,18H,4-5,8-9,12-13H2,1-3H3. The van der Waals surface area contributed by atoms with E-state index in [1.807, 2.05) is 26.4 Å². The molecule has 0 aliphatic carbocycles. The van der Waals surface area contributed by atoms with Gasteiger partial charge in [-0.25, -0.2) is 0 Å². The molecule has 110 valence electrons. The van der Waals surface area contributed by atoms with Crippen LogP contribution in [-0.4, -0.2) is 42.6 Å². The third-order valence-electron chi connectivity index (χ3n) is 3.80.